The van der Waals surface area contributed by atoms with Crippen LogP contribution in [-0.2, 0) is 21.9 Å². The van der Waals surface area contributed by atoms with E-state index >= 15 is 0 Å². The van der Waals surface area contributed by atoms with Crippen LogP contribution in [0, 0.1) is 6.92 Å². The van der Waals surface area contributed by atoms with E-state index in [9.17, 15) is 35.9 Å². The normalized spacial score (nSPS) is 15.2. The highest BCUT2D eigenvalue weighted by atomic mass is 19.4. The van der Waals surface area contributed by atoms with Gasteiger partial charge in [0.1, 0.15) is 12.3 Å². The Hall–Kier alpha value is -3.13. The van der Waals surface area contributed by atoms with Crippen LogP contribution >= 0.6 is 0 Å². The SMILES string of the molecule is Cc1cc(NC(=O)CN(CCN2CCOCC2)C(=O)c2cc(C(F)(F)F)cc(C(F)(F)F)c2)no1. The van der Waals surface area contributed by atoms with Crippen LogP contribution in [0.4, 0.5) is 32.2 Å². The monoisotopic (exact) mass is 508 g/mol. The van der Waals surface area contributed by atoms with Crippen molar-refractivity contribution in [2.45, 2.75) is 19.3 Å². The van der Waals surface area contributed by atoms with Gasteiger partial charge in [-0.05, 0) is 25.1 Å². The van der Waals surface area contributed by atoms with E-state index in [2.05, 4.69) is 10.5 Å². The fourth-order valence-corrected chi connectivity index (χ4v) is 3.38. The summed E-state index contributed by atoms with van der Waals surface area (Å²) in [4.78, 5) is 28.4. The minimum atomic E-state index is -5.11. The molecule has 0 unspecified atom stereocenters. The number of morpholine rings is 1. The summed E-state index contributed by atoms with van der Waals surface area (Å²) in [7, 11) is 0. The third-order valence-electron chi connectivity index (χ3n) is 5.14. The number of nitrogens with zero attached hydrogens (tertiary/aromatic N) is 3. The van der Waals surface area contributed by atoms with Crippen molar-refractivity contribution in [2.75, 3.05) is 51.3 Å². The van der Waals surface area contributed by atoms with Gasteiger partial charge < -0.3 is 19.5 Å². The number of rotatable bonds is 7. The smallest absolute Gasteiger partial charge is 0.379 e. The molecule has 1 aromatic carbocycles. The van der Waals surface area contributed by atoms with Crippen molar-refractivity contribution in [3.63, 3.8) is 0 Å². The van der Waals surface area contributed by atoms with E-state index in [0.717, 1.165) is 4.90 Å². The fraction of sp³-hybridized carbons (Fsp3) is 0.476. The molecule has 1 aliphatic rings. The van der Waals surface area contributed by atoms with E-state index in [1.54, 1.807) is 6.92 Å². The van der Waals surface area contributed by atoms with Crippen LogP contribution in [0.3, 0.4) is 0 Å². The molecular formula is C21H22F6N4O4. The molecule has 0 bridgehead atoms. The van der Waals surface area contributed by atoms with E-state index in [1.165, 1.54) is 6.07 Å². The van der Waals surface area contributed by atoms with Crippen molar-refractivity contribution in [3.05, 3.63) is 46.7 Å². The number of alkyl halides is 6. The maximum absolute atomic E-state index is 13.3. The molecule has 2 amide bonds. The quantitative estimate of drug-likeness (QED) is 0.577. The van der Waals surface area contributed by atoms with Crippen LogP contribution in [0.15, 0.2) is 28.8 Å². The number of benzene rings is 1. The summed E-state index contributed by atoms with van der Waals surface area (Å²) in [6.07, 6.45) is -10.2. The molecule has 1 aliphatic heterocycles. The minimum Gasteiger partial charge on any atom is -0.379 e. The largest absolute Gasteiger partial charge is 0.416 e. The number of halogens is 6. The molecular weight excluding hydrogens is 486 g/mol. The number of carbonyl (C=O) groups is 2. The van der Waals surface area contributed by atoms with Gasteiger partial charge in [0.2, 0.25) is 5.91 Å². The molecule has 8 nitrogen and oxygen atoms in total. The first-order valence-electron chi connectivity index (χ1n) is 10.4. The molecule has 192 valence electrons. The molecule has 0 saturated carbocycles. The topological polar surface area (TPSA) is 87.9 Å². The minimum absolute atomic E-state index is 0.0477. The van der Waals surface area contributed by atoms with Gasteiger partial charge in [0.25, 0.3) is 5.91 Å². The molecule has 14 heteroatoms. The van der Waals surface area contributed by atoms with Crippen molar-refractivity contribution in [1.82, 2.24) is 15.0 Å². The molecule has 0 atom stereocenters. The van der Waals surface area contributed by atoms with Gasteiger partial charge in [-0.3, -0.25) is 14.5 Å². The summed E-state index contributed by atoms with van der Waals surface area (Å²) in [5.41, 5.74) is -4.07. The summed E-state index contributed by atoms with van der Waals surface area (Å²) in [6, 6.07) is 2.03. The Morgan fingerprint density at radius 1 is 1.03 bits per heavy atom. The molecule has 2 aromatic rings. The van der Waals surface area contributed by atoms with Crippen molar-refractivity contribution in [3.8, 4) is 0 Å². The van der Waals surface area contributed by atoms with Crippen LogP contribution in [0.25, 0.3) is 0 Å². The number of aromatic nitrogens is 1. The van der Waals surface area contributed by atoms with Crippen LogP contribution in [0.2, 0.25) is 0 Å². The lowest BCUT2D eigenvalue weighted by atomic mass is 10.0. The summed E-state index contributed by atoms with van der Waals surface area (Å²) < 4.78 is 89.6. The van der Waals surface area contributed by atoms with E-state index in [0.29, 0.717) is 44.2 Å². The lowest BCUT2D eigenvalue weighted by Gasteiger charge is -2.30. The number of carbonyl (C=O) groups excluding carboxylic acids is 2. The Bertz CT molecular complexity index is 1010. The van der Waals surface area contributed by atoms with Gasteiger partial charge in [-0.2, -0.15) is 26.3 Å². The van der Waals surface area contributed by atoms with E-state index in [1.807, 2.05) is 4.90 Å². The van der Waals surface area contributed by atoms with Gasteiger partial charge in [-0.25, -0.2) is 0 Å². The summed E-state index contributed by atoms with van der Waals surface area (Å²) in [5.74, 6) is -1.46. The fourth-order valence-electron chi connectivity index (χ4n) is 3.38. The average Bonchev–Trinajstić information content (AvgIpc) is 3.19. The van der Waals surface area contributed by atoms with Crippen LogP contribution in [0.1, 0.15) is 27.2 Å². The van der Waals surface area contributed by atoms with Crippen molar-refractivity contribution >= 4 is 17.6 Å². The highest BCUT2D eigenvalue weighted by Gasteiger charge is 2.38. The average molecular weight is 508 g/mol. The first-order valence-corrected chi connectivity index (χ1v) is 10.4. The Labute approximate surface area is 195 Å². The predicted octanol–water partition coefficient (Wildman–Crippen LogP) is 3.43. The lowest BCUT2D eigenvalue weighted by Crippen LogP contribution is -2.45. The van der Waals surface area contributed by atoms with Gasteiger partial charge >= 0.3 is 12.4 Å². The van der Waals surface area contributed by atoms with Gasteiger partial charge in [0.05, 0.1) is 24.3 Å². The summed E-state index contributed by atoms with van der Waals surface area (Å²) in [6.45, 7) is 2.96. The Balaban J connectivity index is 1.87. The molecule has 1 N–H and O–H groups in total. The van der Waals surface area contributed by atoms with Gasteiger partial charge in [0.15, 0.2) is 5.82 Å². The zero-order valence-corrected chi connectivity index (χ0v) is 18.5. The predicted molar refractivity (Wildman–Crippen MR) is 109 cm³/mol. The maximum atomic E-state index is 13.3. The number of hydrogen-bond acceptors (Lipinski definition) is 6. The second-order valence-corrected chi connectivity index (χ2v) is 7.85. The van der Waals surface area contributed by atoms with Crippen molar-refractivity contribution < 1.29 is 45.2 Å². The molecule has 1 aromatic heterocycles. The second kappa shape index (κ2) is 10.6. The van der Waals surface area contributed by atoms with E-state index in [4.69, 9.17) is 9.26 Å². The number of hydrogen-bond donors (Lipinski definition) is 1. The summed E-state index contributed by atoms with van der Waals surface area (Å²) in [5, 5.41) is 5.96. The standard InChI is InChI=1S/C21H22F6N4O4/c1-13-8-17(29-35-13)28-18(32)12-31(3-2-30-4-6-34-7-5-30)19(33)14-9-15(20(22,23)24)11-16(10-14)21(25,26)27/h8-11H,2-7,12H2,1H3,(H,28,29,32). The number of aryl methyl sites for hydroxylation is 1. The molecule has 0 aliphatic carbocycles. The third-order valence-corrected chi connectivity index (χ3v) is 5.14. The Morgan fingerprint density at radius 3 is 2.14 bits per heavy atom. The first-order chi connectivity index (χ1) is 16.3. The zero-order chi connectivity index (χ0) is 25.8. The maximum Gasteiger partial charge on any atom is 0.416 e. The van der Waals surface area contributed by atoms with Gasteiger partial charge in [0, 0.05) is 37.8 Å². The number of anilines is 1. The molecule has 35 heavy (non-hydrogen) atoms. The van der Waals surface area contributed by atoms with Crippen molar-refractivity contribution in [1.29, 1.82) is 0 Å². The Kier molecular flexibility index (Phi) is 8.05. The molecule has 0 radical (unpaired) electrons. The summed E-state index contributed by atoms with van der Waals surface area (Å²) >= 11 is 0. The molecule has 3 rings (SSSR count). The van der Waals surface area contributed by atoms with Gasteiger partial charge in [-0.1, -0.05) is 5.16 Å². The molecule has 2 heterocycles. The number of ether oxygens (including phenoxy) is 1. The second-order valence-electron chi connectivity index (χ2n) is 7.85. The van der Waals surface area contributed by atoms with Crippen molar-refractivity contribution in [2.24, 2.45) is 0 Å². The Morgan fingerprint density at radius 2 is 1.63 bits per heavy atom. The van der Waals surface area contributed by atoms with Gasteiger partial charge in [-0.15, -0.1) is 0 Å². The van der Waals surface area contributed by atoms with E-state index in [-0.39, 0.29) is 25.0 Å². The molecule has 0 spiro atoms. The van der Waals surface area contributed by atoms with Crippen LogP contribution in [0.5, 0.6) is 0 Å². The first kappa shape index (κ1) is 26.5. The molecule has 1 fully saturated rings. The highest BCUT2D eigenvalue weighted by molar-refractivity contribution is 5.99. The van der Waals surface area contributed by atoms with E-state index < -0.39 is 47.4 Å². The van der Waals surface area contributed by atoms with Crippen LogP contribution in [-0.4, -0.2) is 72.7 Å². The lowest BCUT2D eigenvalue weighted by molar-refractivity contribution is -0.143. The molecule has 1 saturated heterocycles. The zero-order valence-electron chi connectivity index (χ0n) is 18.5. The van der Waals surface area contributed by atoms with Crippen LogP contribution < -0.4 is 5.32 Å². The number of nitrogens with one attached hydrogen (secondary N) is 1. The number of amides is 2. The highest BCUT2D eigenvalue weighted by Crippen LogP contribution is 2.36. The third kappa shape index (κ3) is 7.42.